The van der Waals surface area contributed by atoms with Gasteiger partial charge in [0.25, 0.3) is 11.8 Å². The topological polar surface area (TPSA) is 94.3 Å². The Balaban J connectivity index is 2.06. The summed E-state index contributed by atoms with van der Waals surface area (Å²) in [4.78, 5) is 26.9. The Morgan fingerprint density at radius 2 is 2.10 bits per heavy atom. The molecule has 1 heterocycles. The van der Waals surface area contributed by atoms with Crippen LogP contribution >= 0.6 is 0 Å². The van der Waals surface area contributed by atoms with Crippen molar-refractivity contribution in [3.05, 3.63) is 53.7 Å². The van der Waals surface area contributed by atoms with E-state index in [0.29, 0.717) is 17.1 Å². The fraction of sp³-hybridized carbons (Fsp3) is 0.133. The molecule has 108 valence electrons. The number of nitrogens with zero attached hydrogens (tertiary/aromatic N) is 1. The minimum Gasteiger partial charge on any atom is -0.484 e. The number of anilines is 1. The minimum absolute atomic E-state index is 0.232. The normalized spacial score (nSPS) is 9.95. The molecule has 0 atom stereocenters. The first-order valence-electron chi connectivity index (χ1n) is 6.30. The van der Waals surface area contributed by atoms with Crippen LogP contribution in [0.25, 0.3) is 0 Å². The summed E-state index contributed by atoms with van der Waals surface area (Å²) in [6.45, 7) is 1.68. The van der Waals surface area contributed by atoms with Gasteiger partial charge >= 0.3 is 0 Å². The first-order chi connectivity index (χ1) is 10.0. The number of nitrogens with two attached hydrogens (primary N) is 1. The third kappa shape index (κ3) is 4.31. The Bertz CT molecular complexity index is 653. The molecule has 1 aromatic carbocycles. The smallest absolute Gasteiger partial charge is 0.256 e. The van der Waals surface area contributed by atoms with Gasteiger partial charge in [-0.2, -0.15) is 0 Å². The number of nitrogens with one attached hydrogen (secondary N) is 1. The Morgan fingerprint density at radius 1 is 1.29 bits per heavy atom. The third-order valence-corrected chi connectivity index (χ3v) is 2.63. The zero-order valence-corrected chi connectivity index (χ0v) is 11.5. The number of benzene rings is 1. The SMILES string of the molecule is Cc1ccc(NC(=O)c2cccc(OCC(N)=O)c2)nc1. The van der Waals surface area contributed by atoms with Crippen LogP contribution in [0, 0.1) is 6.92 Å². The molecule has 2 aromatic rings. The van der Waals surface area contributed by atoms with E-state index in [0.717, 1.165) is 5.56 Å². The molecule has 21 heavy (non-hydrogen) atoms. The minimum atomic E-state index is -0.575. The van der Waals surface area contributed by atoms with Gasteiger partial charge in [-0.15, -0.1) is 0 Å². The summed E-state index contributed by atoms with van der Waals surface area (Å²) in [5, 5.41) is 2.68. The first kappa shape index (κ1) is 14.5. The van der Waals surface area contributed by atoms with E-state index in [-0.39, 0.29) is 12.5 Å². The summed E-state index contributed by atoms with van der Waals surface area (Å²) in [7, 11) is 0. The molecule has 6 heteroatoms. The number of carbonyl (C=O) groups excluding carboxylic acids is 2. The molecule has 0 aliphatic heterocycles. The lowest BCUT2D eigenvalue weighted by Gasteiger charge is -2.07. The van der Waals surface area contributed by atoms with Crippen molar-refractivity contribution in [1.82, 2.24) is 4.98 Å². The van der Waals surface area contributed by atoms with Crippen molar-refractivity contribution in [3.63, 3.8) is 0 Å². The number of amides is 2. The molecule has 2 rings (SSSR count). The van der Waals surface area contributed by atoms with Gasteiger partial charge in [0.2, 0.25) is 0 Å². The Kier molecular flexibility index (Phi) is 4.50. The van der Waals surface area contributed by atoms with Gasteiger partial charge in [-0.25, -0.2) is 4.98 Å². The van der Waals surface area contributed by atoms with E-state index >= 15 is 0 Å². The summed E-state index contributed by atoms with van der Waals surface area (Å²) < 4.78 is 5.15. The summed E-state index contributed by atoms with van der Waals surface area (Å²) >= 11 is 0. The highest BCUT2D eigenvalue weighted by atomic mass is 16.5. The maximum Gasteiger partial charge on any atom is 0.256 e. The van der Waals surface area contributed by atoms with Gasteiger partial charge in [0.1, 0.15) is 11.6 Å². The maximum absolute atomic E-state index is 12.1. The predicted octanol–water partition coefficient (Wildman–Crippen LogP) is 1.51. The molecular formula is C15H15N3O3. The number of rotatable bonds is 5. The van der Waals surface area contributed by atoms with Crippen LogP contribution in [-0.2, 0) is 4.79 Å². The molecule has 0 spiro atoms. The van der Waals surface area contributed by atoms with Crippen molar-refractivity contribution < 1.29 is 14.3 Å². The molecular weight excluding hydrogens is 270 g/mol. The van der Waals surface area contributed by atoms with Crippen LogP contribution in [-0.4, -0.2) is 23.4 Å². The number of aryl methyl sites for hydroxylation is 1. The lowest BCUT2D eigenvalue weighted by molar-refractivity contribution is -0.119. The summed E-state index contributed by atoms with van der Waals surface area (Å²) in [6.07, 6.45) is 1.67. The van der Waals surface area contributed by atoms with E-state index in [2.05, 4.69) is 10.3 Å². The van der Waals surface area contributed by atoms with Crippen molar-refractivity contribution >= 4 is 17.6 Å². The van der Waals surface area contributed by atoms with E-state index in [1.165, 1.54) is 6.07 Å². The van der Waals surface area contributed by atoms with Crippen molar-refractivity contribution in [2.45, 2.75) is 6.92 Å². The van der Waals surface area contributed by atoms with Crippen LogP contribution in [0.5, 0.6) is 5.75 Å². The van der Waals surface area contributed by atoms with Gasteiger partial charge in [0.05, 0.1) is 0 Å². The number of carbonyl (C=O) groups is 2. The zero-order chi connectivity index (χ0) is 15.2. The van der Waals surface area contributed by atoms with Crippen molar-refractivity contribution in [3.8, 4) is 5.75 Å². The molecule has 0 aliphatic carbocycles. The Morgan fingerprint density at radius 3 is 2.76 bits per heavy atom. The third-order valence-electron chi connectivity index (χ3n) is 2.63. The predicted molar refractivity (Wildman–Crippen MR) is 78.1 cm³/mol. The highest BCUT2D eigenvalue weighted by molar-refractivity contribution is 6.04. The Labute approximate surface area is 121 Å². The van der Waals surface area contributed by atoms with Gasteiger partial charge in [0.15, 0.2) is 6.61 Å². The van der Waals surface area contributed by atoms with Gasteiger partial charge in [-0.05, 0) is 36.8 Å². The summed E-state index contributed by atoms with van der Waals surface area (Å²) in [6, 6.07) is 10.1. The van der Waals surface area contributed by atoms with Crippen LogP contribution in [0.15, 0.2) is 42.6 Å². The molecule has 1 aromatic heterocycles. The lowest BCUT2D eigenvalue weighted by Crippen LogP contribution is -2.20. The molecule has 2 amide bonds. The number of pyridine rings is 1. The van der Waals surface area contributed by atoms with Crippen LogP contribution < -0.4 is 15.8 Å². The van der Waals surface area contributed by atoms with Crippen molar-refractivity contribution in [2.75, 3.05) is 11.9 Å². The van der Waals surface area contributed by atoms with E-state index in [9.17, 15) is 9.59 Å². The zero-order valence-electron chi connectivity index (χ0n) is 11.5. The molecule has 0 saturated carbocycles. The number of ether oxygens (including phenoxy) is 1. The number of hydrogen-bond acceptors (Lipinski definition) is 4. The average molecular weight is 285 g/mol. The molecule has 0 radical (unpaired) electrons. The van der Waals surface area contributed by atoms with Gasteiger partial charge < -0.3 is 15.8 Å². The highest BCUT2D eigenvalue weighted by Gasteiger charge is 2.08. The van der Waals surface area contributed by atoms with Crippen LogP contribution in [0.2, 0.25) is 0 Å². The second kappa shape index (κ2) is 6.51. The quantitative estimate of drug-likeness (QED) is 0.870. The summed E-state index contributed by atoms with van der Waals surface area (Å²) in [5.74, 6) is -0.0167. The van der Waals surface area contributed by atoms with Crippen LogP contribution in [0.4, 0.5) is 5.82 Å². The van der Waals surface area contributed by atoms with E-state index in [1.54, 1.807) is 30.5 Å². The molecule has 0 aliphatic rings. The maximum atomic E-state index is 12.1. The van der Waals surface area contributed by atoms with Crippen molar-refractivity contribution in [2.24, 2.45) is 5.73 Å². The number of hydrogen-bond donors (Lipinski definition) is 2. The molecule has 3 N–H and O–H groups in total. The molecule has 0 fully saturated rings. The molecule has 0 unspecified atom stereocenters. The van der Waals surface area contributed by atoms with Gasteiger partial charge in [0, 0.05) is 11.8 Å². The standard InChI is InChI=1S/C15H15N3O3/c1-10-5-6-14(17-8-10)18-15(20)11-3-2-4-12(7-11)21-9-13(16)19/h2-8H,9H2,1H3,(H2,16,19)(H,17,18,20). The van der Waals surface area contributed by atoms with Gasteiger partial charge in [-0.3, -0.25) is 9.59 Å². The lowest BCUT2D eigenvalue weighted by atomic mass is 10.2. The highest BCUT2D eigenvalue weighted by Crippen LogP contribution is 2.14. The van der Waals surface area contributed by atoms with Gasteiger partial charge in [-0.1, -0.05) is 12.1 Å². The molecule has 6 nitrogen and oxygen atoms in total. The van der Waals surface area contributed by atoms with Crippen LogP contribution in [0.1, 0.15) is 15.9 Å². The second-order valence-corrected chi connectivity index (χ2v) is 4.46. The molecule has 0 saturated heterocycles. The fourth-order valence-corrected chi connectivity index (χ4v) is 1.61. The van der Waals surface area contributed by atoms with E-state index in [1.807, 2.05) is 13.0 Å². The second-order valence-electron chi connectivity index (χ2n) is 4.46. The number of aromatic nitrogens is 1. The molecule has 0 bridgehead atoms. The Hall–Kier alpha value is -2.89. The van der Waals surface area contributed by atoms with E-state index in [4.69, 9.17) is 10.5 Å². The van der Waals surface area contributed by atoms with E-state index < -0.39 is 5.91 Å². The summed E-state index contributed by atoms with van der Waals surface area (Å²) in [5.41, 5.74) is 6.41. The monoisotopic (exact) mass is 285 g/mol. The largest absolute Gasteiger partial charge is 0.484 e. The number of primary amides is 1. The first-order valence-corrected chi connectivity index (χ1v) is 6.30. The van der Waals surface area contributed by atoms with Crippen molar-refractivity contribution in [1.29, 1.82) is 0 Å². The average Bonchev–Trinajstić information content (AvgIpc) is 2.48. The fourth-order valence-electron chi connectivity index (χ4n) is 1.61. The van der Waals surface area contributed by atoms with Crippen LogP contribution in [0.3, 0.4) is 0 Å².